The monoisotopic (exact) mass is 1730 g/mol. The Balaban J connectivity index is 0.868. The molecule has 0 aliphatic rings. The smallest absolute Gasteiger partial charge is 0.320 e. The Kier molecular flexibility index (Phi) is 29.2. The van der Waals surface area contributed by atoms with Crippen LogP contribution in [0.4, 0.5) is 0 Å². The maximum atomic E-state index is 15.6. The average Bonchev–Trinajstić information content (AvgIpc) is 0.763. The van der Waals surface area contributed by atoms with Gasteiger partial charge in [-0.25, -0.2) is 0 Å². The van der Waals surface area contributed by atoms with E-state index in [1.807, 2.05) is 0 Å². The molecule has 12 aromatic rings. The second kappa shape index (κ2) is 39.7. The van der Waals surface area contributed by atoms with Gasteiger partial charge in [-0.1, -0.05) is 267 Å². The molecule has 0 spiro atoms. The summed E-state index contributed by atoms with van der Waals surface area (Å²) < 4.78 is 86.9. The number of nitrogens with zero attached hydrogens (tertiary/aromatic N) is 2. The molecule has 0 unspecified atom stereocenters. The van der Waals surface area contributed by atoms with Crippen LogP contribution in [0.1, 0.15) is 130 Å². The molecule has 0 bridgehead atoms. The standard InChI is InChI=1S/C102H100N2O16P4/c1-67-55-71(5)95(99(109)121(113,79-37-21-13-22-38-79)80-39-23-14-24-40-80)75(9)87(67)63-117-91(105)59-103(60-92(106)118-64-88-68(2)56-72(6)96(76(88)10)100(110)122(114,81-41-25-15-26-42-81)82-43-27-16-28-44-82)53-54-104(61-93(107)119-65-89-69(3)57-73(7)97(77(89)11)101(111)123(115,83-45-29-17-30-46-83)84-47-31-18-32-48-84)62-94(108)120-66-90-70(4)58-74(8)98(78(90)12)102(112)124(116,85-49-33-19-34-50-85)86-51-35-20-36-52-86/h13-52,55-58H,53-54,59-66H2,1-12H3. The van der Waals surface area contributed by atoms with E-state index in [0.29, 0.717) is 131 Å². The van der Waals surface area contributed by atoms with Gasteiger partial charge in [0.05, 0.1) is 26.2 Å². The van der Waals surface area contributed by atoms with Gasteiger partial charge in [0.1, 0.15) is 26.4 Å². The van der Waals surface area contributed by atoms with E-state index in [1.165, 1.54) is 9.80 Å². The summed E-state index contributed by atoms with van der Waals surface area (Å²) in [5.74, 6) is -3.41. The van der Waals surface area contributed by atoms with E-state index in [-0.39, 0.29) is 61.8 Å². The molecule has 0 N–H and O–H groups in total. The molecular formula is C102H100N2O16P4. The Morgan fingerprint density at radius 1 is 0.226 bits per heavy atom. The Morgan fingerprint density at radius 3 is 0.516 bits per heavy atom. The zero-order chi connectivity index (χ0) is 89.0. The Hall–Kier alpha value is -12.0. The van der Waals surface area contributed by atoms with Crippen molar-refractivity contribution in [1.82, 2.24) is 9.80 Å². The van der Waals surface area contributed by atoms with Crippen molar-refractivity contribution in [3.05, 3.63) is 378 Å². The summed E-state index contributed by atoms with van der Waals surface area (Å²) in [6.07, 6.45) is 0. The first-order chi connectivity index (χ1) is 59.3. The van der Waals surface area contributed by atoms with Gasteiger partial charge in [0.25, 0.3) is 0 Å². The fourth-order valence-electron chi connectivity index (χ4n) is 16.6. The molecule has 0 aromatic heterocycles. The maximum absolute atomic E-state index is 15.6. The third kappa shape index (κ3) is 19.2. The Morgan fingerprint density at radius 2 is 0.371 bits per heavy atom. The molecule has 634 valence electrons. The van der Waals surface area contributed by atoms with Crippen molar-refractivity contribution in [3.8, 4) is 0 Å². The highest BCUT2D eigenvalue weighted by Crippen LogP contribution is 2.53. The molecule has 0 heterocycles. The number of hydrogen-bond acceptors (Lipinski definition) is 18. The highest BCUT2D eigenvalue weighted by molar-refractivity contribution is 7.95. The molecule has 0 aliphatic carbocycles. The predicted molar refractivity (Wildman–Crippen MR) is 491 cm³/mol. The molecular weight excluding hydrogens is 1630 g/mol. The third-order valence-corrected chi connectivity index (χ3v) is 34.5. The summed E-state index contributed by atoms with van der Waals surface area (Å²) in [5.41, 5.74) is 6.80. The maximum Gasteiger partial charge on any atom is 0.320 e. The number of rotatable bonds is 35. The molecule has 0 saturated carbocycles. The normalized spacial score (nSPS) is 11.8. The van der Waals surface area contributed by atoms with Crippen molar-refractivity contribution in [3.63, 3.8) is 0 Å². The second-order valence-electron chi connectivity index (χ2n) is 31.4. The number of aryl methyl sites for hydroxylation is 8. The van der Waals surface area contributed by atoms with Gasteiger partial charge in [-0.2, -0.15) is 0 Å². The minimum absolute atomic E-state index is 0.197. The summed E-state index contributed by atoms with van der Waals surface area (Å²) in [5, 5.41) is 2.70. The lowest BCUT2D eigenvalue weighted by Gasteiger charge is -2.26. The lowest BCUT2D eigenvalue weighted by Crippen LogP contribution is -2.44. The number of benzene rings is 12. The largest absolute Gasteiger partial charge is 0.460 e. The summed E-state index contributed by atoms with van der Waals surface area (Å²) in [7, 11) is -16.1. The molecule has 0 fully saturated rings. The van der Waals surface area contributed by atoms with E-state index in [2.05, 4.69) is 0 Å². The first-order valence-electron chi connectivity index (χ1n) is 40.8. The van der Waals surface area contributed by atoms with E-state index in [4.69, 9.17) is 18.9 Å². The van der Waals surface area contributed by atoms with Crippen LogP contribution in [0.3, 0.4) is 0 Å². The van der Waals surface area contributed by atoms with Crippen molar-refractivity contribution in [1.29, 1.82) is 0 Å². The Bertz CT molecular complexity index is 5340. The summed E-state index contributed by atoms with van der Waals surface area (Å²) in [4.78, 5) is 123. The van der Waals surface area contributed by atoms with Crippen LogP contribution in [0, 0.1) is 83.1 Å². The van der Waals surface area contributed by atoms with Crippen LogP contribution in [-0.4, -0.2) is 95.0 Å². The molecule has 0 saturated heterocycles. The van der Waals surface area contributed by atoms with Gasteiger partial charge in [0.2, 0.25) is 50.7 Å². The van der Waals surface area contributed by atoms with Crippen LogP contribution >= 0.6 is 28.6 Å². The van der Waals surface area contributed by atoms with E-state index < -0.39 is 101 Å². The van der Waals surface area contributed by atoms with Crippen LogP contribution in [0.15, 0.2) is 267 Å². The van der Waals surface area contributed by atoms with Crippen LogP contribution in [-0.2, 0) is 82.8 Å². The van der Waals surface area contributed by atoms with E-state index in [0.717, 1.165) is 0 Å². The first-order valence-corrected chi connectivity index (χ1v) is 47.7. The highest BCUT2D eigenvalue weighted by atomic mass is 31.2. The first kappa shape index (κ1) is 91.3. The van der Waals surface area contributed by atoms with Crippen molar-refractivity contribution in [2.24, 2.45) is 0 Å². The Labute approximate surface area is 724 Å². The number of carbonyl (C=O) groups excluding carboxylic acids is 8. The van der Waals surface area contributed by atoms with Crippen LogP contribution < -0.4 is 42.4 Å². The molecule has 12 rings (SSSR count). The lowest BCUT2D eigenvalue weighted by molar-refractivity contribution is -0.153. The van der Waals surface area contributed by atoms with Gasteiger partial charge in [-0.3, -0.25) is 48.2 Å². The van der Waals surface area contributed by atoms with E-state index in [1.54, 1.807) is 350 Å². The van der Waals surface area contributed by atoms with Gasteiger partial charge in [0, 0.05) is 77.8 Å². The van der Waals surface area contributed by atoms with Crippen molar-refractivity contribution >= 4 is 117 Å². The lowest BCUT2D eigenvalue weighted by atomic mass is 9.94. The average molecular weight is 1730 g/mol. The quantitative estimate of drug-likeness (QED) is 0.0203. The molecule has 0 amide bonds. The van der Waals surface area contributed by atoms with Crippen LogP contribution in [0.5, 0.6) is 0 Å². The summed E-state index contributed by atoms with van der Waals surface area (Å²) >= 11 is 0. The summed E-state index contributed by atoms with van der Waals surface area (Å²) in [6, 6.07) is 75.5. The zero-order valence-corrected chi connectivity index (χ0v) is 75.3. The highest BCUT2D eigenvalue weighted by Gasteiger charge is 2.44. The molecule has 0 radical (unpaired) electrons. The van der Waals surface area contributed by atoms with Crippen LogP contribution in [0.25, 0.3) is 0 Å². The molecule has 12 aromatic carbocycles. The number of ether oxygens (including phenoxy) is 4. The third-order valence-electron chi connectivity index (χ3n) is 23.1. The van der Waals surface area contributed by atoms with Crippen LogP contribution in [0.2, 0.25) is 0 Å². The number of carbonyl (C=O) groups is 8. The molecule has 124 heavy (non-hydrogen) atoms. The predicted octanol–water partition coefficient (Wildman–Crippen LogP) is 16.9. The van der Waals surface area contributed by atoms with Gasteiger partial charge < -0.3 is 37.2 Å². The number of esters is 4. The summed E-state index contributed by atoms with van der Waals surface area (Å²) in [6.45, 7) is 16.7. The number of hydrogen-bond donors (Lipinski definition) is 0. The minimum Gasteiger partial charge on any atom is -0.460 e. The van der Waals surface area contributed by atoms with Crippen molar-refractivity contribution in [2.45, 2.75) is 110 Å². The molecule has 0 atom stereocenters. The van der Waals surface area contributed by atoms with Crippen molar-refractivity contribution in [2.75, 3.05) is 39.3 Å². The van der Waals surface area contributed by atoms with Gasteiger partial charge in [-0.15, -0.1) is 0 Å². The second-order valence-corrected chi connectivity index (χ2v) is 42.0. The minimum atomic E-state index is -4.03. The van der Waals surface area contributed by atoms with Gasteiger partial charge >= 0.3 is 23.9 Å². The molecule has 22 heteroatoms. The van der Waals surface area contributed by atoms with Gasteiger partial charge in [0.15, 0.2) is 0 Å². The molecule has 18 nitrogen and oxygen atoms in total. The van der Waals surface area contributed by atoms with E-state index in [9.17, 15) is 19.2 Å². The fraction of sp³-hybridized carbons (Fsp3) is 0.216. The SMILES string of the molecule is Cc1cc(C)c(C(=O)P(=O)(c2ccccc2)c2ccccc2)c(C)c1COC(=O)CN(CCN(CC(=O)OCc1c(C)cc(C)c(C(=O)P(=O)(c2ccccc2)c2ccccc2)c1C)CC(=O)OCc1c(C)cc(C)c(C(=O)P(=O)(c2ccccc2)c2ccccc2)c1C)CC(=O)OCc1c(C)cc(C)c(C(=O)P(=O)(c2ccccc2)c2ccccc2)c1C. The topological polar surface area (TPSA) is 248 Å². The zero-order valence-electron chi connectivity index (χ0n) is 71.7. The van der Waals surface area contributed by atoms with Gasteiger partial charge in [-0.05, 0) is 172 Å². The fourth-order valence-corrected chi connectivity index (χ4v) is 27.1. The van der Waals surface area contributed by atoms with Crippen molar-refractivity contribution < 1.29 is 75.6 Å². The molecule has 0 aliphatic heterocycles. The van der Waals surface area contributed by atoms with E-state index >= 15 is 37.4 Å².